The van der Waals surface area contributed by atoms with E-state index in [-0.39, 0.29) is 5.92 Å². The van der Waals surface area contributed by atoms with Crippen molar-refractivity contribution in [2.24, 2.45) is 0 Å². The molecule has 1 aliphatic carbocycles. The molecule has 0 aromatic heterocycles. The molecule has 1 atom stereocenters. The van der Waals surface area contributed by atoms with Gasteiger partial charge in [0.05, 0.1) is 7.11 Å². The van der Waals surface area contributed by atoms with Crippen LogP contribution in [0.3, 0.4) is 0 Å². The van der Waals surface area contributed by atoms with Gasteiger partial charge in [-0.3, -0.25) is 0 Å². The van der Waals surface area contributed by atoms with Crippen LogP contribution in [0.2, 0.25) is 0 Å². The summed E-state index contributed by atoms with van der Waals surface area (Å²) in [4.78, 5) is 10.6. The SMILES string of the molecule is COc1c(C(C)CC=O)ccc2c1CCCC2. The summed E-state index contributed by atoms with van der Waals surface area (Å²) >= 11 is 0. The van der Waals surface area contributed by atoms with Crippen LogP contribution < -0.4 is 4.74 Å². The second kappa shape index (κ2) is 5.35. The highest BCUT2D eigenvalue weighted by molar-refractivity contribution is 5.55. The third-order valence-electron chi connectivity index (χ3n) is 3.70. The van der Waals surface area contributed by atoms with Crippen LogP contribution in [0.4, 0.5) is 0 Å². The number of fused-ring (bicyclic) bond motifs is 1. The number of hydrogen-bond acceptors (Lipinski definition) is 2. The molecule has 0 saturated heterocycles. The van der Waals surface area contributed by atoms with Crippen molar-refractivity contribution in [1.29, 1.82) is 0 Å². The van der Waals surface area contributed by atoms with E-state index in [0.717, 1.165) is 24.9 Å². The van der Waals surface area contributed by atoms with Crippen LogP contribution in [0.1, 0.15) is 48.8 Å². The van der Waals surface area contributed by atoms with Gasteiger partial charge in [0.2, 0.25) is 0 Å². The number of rotatable bonds is 4. The molecular weight excluding hydrogens is 212 g/mol. The van der Waals surface area contributed by atoms with Crippen LogP contribution in [-0.4, -0.2) is 13.4 Å². The molecule has 0 fully saturated rings. The zero-order valence-corrected chi connectivity index (χ0v) is 10.7. The van der Waals surface area contributed by atoms with E-state index in [4.69, 9.17) is 4.74 Å². The maximum Gasteiger partial charge on any atom is 0.125 e. The fraction of sp³-hybridized carbons (Fsp3) is 0.533. The molecule has 0 saturated carbocycles. The summed E-state index contributed by atoms with van der Waals surface area (Å²) in [6, 6.07) is 4.35. The van der Waals surface area contributed by atoms with E-state index in [9.17, 15) is 4.79 Å². The van der Waals surface area contributed by atoms with E-state index >= 15 is 0 Å². The Morgan fingerprint density at radius 3 is 2.82 bits per heavy atom. The fourth-order valence-corrected chi connectivity index (χ4v) is 2.71. The predicted octanol–water partition coefficient (Wildman–Crippen LogP) is 3.27. The van der Waals surface area contributed by atoms with Crippen molar-refractivity contribution in [2.45, 2.75) is 44.9 Å². The normalized spacial score (nSPS) is 16.1. The molecule has 1 aromatic rings. The van der Waals surface area contributed by atoms with Gasteiger partial charge in [0.1, 0.15) is 12.0 Å². The molecule has 2 nitrogen and oxygen atoms in total. The standard InChI is InChI=1S/C15H20O2/c1-11(9-10-16)13-8-7-12-5-3-4-6-14(12)15(13)17-2/h7-8,10-11H,3-6,9H2,1-2H3. The molecule has 1 aliphatic rings. The fourth-order valence-electron chi connectivity index (χ4n) is 2.71. The topological polar surface area (TPSA) is 26.3 Å². The van der Waals surface area contributed by atoms with Gasteiger partial charge < -0.3 is 9.53 Å². The molecule has 2 heteroatoms. The molecule has 17 heavy (non-hydrogen) atoms. The first kappa shape index (κ1) is 12.2. The van der Waals surface area contributed by atoms with Crippen molar-refractivity contribution < 1.29 is 9.53 Å². The highest BCUT2D eigenvalue weighted by Crippen LogP contribution is 2.37. The number of ether oxygens (including phenoxy) is 1. The predicted molar refractivity (Wildman–Crippen MR) is 68.7 cm³/mol. The van der Waals surface area contributed by atoms with E-state index in [0.29, 0.717) is 6.42 Å². The molecule has 0 bridgehead atoms. The monoisotopic (exact) mass is 232 g/mol. The molecule has 2 rings (SSSR count). The van der Waals surface area contributed by atoms with Gasteiger partial charge in [0, 0.05) is 6.42 Å². The van der Waals surface area contributed by atoms with Crippen LogP contribution >= 0.6 is 0 Å². The second-order valence-corrected chi connectivity index (χ2v) is 4.84. The number of aldehydes is 1. The van der Waals surface area contributed by atoms with Gasteiger partial charge in [-0.05, 0) is 48.3 Å². The first-order chi connectivity index (χ1) is 8.27. The number of hydrogen-bond donors (Lipinski definition) is 0. The van der Waals surface area contributed by atoms with Crippen molar-refractivity contribution in [3.8, 4) is 5.75 Å². The maximum atomic E-state index is 10.6. The Kier molecular flexibility index (Phi) is 3.82. The summed E-state index contributed by atoms with van der Waals surface area (Å²) in [5, 5.41) is 0. The van der Waals surface area contributed by atoms with Crippen molar-refractivity contribution in [1.82, 2.24) is 0 Å². The third-order valence-corrected chi connectivity index (χ3v) is 3.70. The minimum Gasteiger partial charge on any atom is -0.496 e. The molecule has 0 aliphatic heterocycles. The van der Waals surface area contributed by atoms with E-state index < -0.39 is 0 Å². The van der Waals surface area contributed by atoms with Crippen molar-refractivity contribution >= 4 is 6.29 Å². The Hall–Kier alpha value is -1.31. The molecule has 0 spiro atoms. The second-order valence-electron chi connectivity index (χ2n) is 4.84. The van der Waals surface area contributed by atoms with E-state index in [1.807, 2.05) is 0 Å². The number of aryl methyl sites for hydroxylation is 1. The number of carbonyl (C=O) groups is 1. The maximum absolute atomic E-state index is 10.6. The van der Waals surface area contributed by atoms with E-state index in [1.54, 1.807) is 7.11 Å². The lowest BCUT2D eigenvalue weighted by Gasteiger charge is -2.23. The molecule has 92 valence electrons. The van der Waals surface area contributed by atoms with E-state index in [1.165, 1.54) is 29.5 Å². The molecule has 0 amide bonds. The van der Waals surface area contributed by atoms with Gasteiger partial charge in [0.25, 0.3) is 0 Å². The first-order valence-electron chi connectivity index (χ1n) is 6.40. The minimum absolute atomic E-state index is 0.245. The molecule has 0 radical (unpaired) electrons. The quantitative estimate of drug-likeness (QED) is 0.745. The molecule has 1 aromatic carbocycles. The number of carbonyl (C=O) groups excluding carboxylic acids is 1. The Morgan fingerprint density at radius 1 is 1.35 bits per heavy atom. The van der Waals surface area contributed by atoms with Crippen LogP contribution in [0.15, 0.2) is 12.1 Å². The molecule has 0 heterocycles. The lowest BCUT2D eigenvalue weighted by atomic mass is 9.86. The third kappa shape index (κ3) is 2.36. The first-order valence-corrected chi connectivity index (χ1v) is 6.40. The van der Waals surface area contributed by atoms with Crippen LogP contribution in [0.5, 0.6) is 5.75 Å². The lowest BCUT2D eigenvalue weighted by molar-refractivity contribution is -0.108. The molecule has 0 N–H and O–H groups in total. The van der Waals surface area contributed by atoms with Crippen molar-refractivity contribution in [3.63, 3.8) is 0 Å². The summed E-state index contributed by atoms with van der Waals surface area (Å²) < 4.78 is 5.60. The summed E-state index contributed by atoms with van der Waals surface area (Å²) in [5.41, 5.74) is 3.98. The number of methoxy groups -OCH3 is 1. The Morgan fingerprint density at radius 2 is 2.12 bits per heavy atom. The van der Waals surface area contributed by atoms with E-state index in [2.05, 4.69) is 19.1 Å². The average molecular weight is 232 g/mol. The zero-order chi connectivity index (χ0) is 12.3. The highest BCUT2D eigenvalue weighted by atomic mass is 16.5. The number of benzene rings is 1. The van der Waals surface area contributed by atoms with Crippen molar-refractivity contribution in [3.05, 3.63) is 28.8 Å². The molecule has 1 unspecified atom stereocenters. The molecular formula is C15H20O2. The van der Waals surface area contributed by atoms with Crippen LogP contribution in [0.25, 0.3) is 0 Å². The Balaban J connectivity index is 2.42. The smallest absolute Gasteiger partial charge is 0.125 e. The van der Waals surface area contributed by atoms with Crippen LogP contribution in [-0.2, 0) is 17.6 Å². The Labute approximate surface area is 103 Å². The van der Waals surface area contributed by atoms with Crippen LogP contribution in [0, 0.1) is 0 Å². The average Bonchev–Trinajstić information content (AvgIpc) is 2.37. The summed E-state index contributed by atoms with van der Waals surface area (Å²) in [7, 11) is 1.74. The zero-order valence-electron chi connectivity index (χ0n) is 10.7. The van der Waals surface area contributed by atoms with Gasteiger partial charge in [-0.2, -0.15) is 0 Å². The van der Waals surface area contributed by atoms with Gasteiger partial charge in [0.15, 0.2) is 0 Å². The summed E-state index contributed by atoms with van der Waals surface area (Å²) in [6.45, 7) is 2.08. The van der Waals surface area contributed by atoms with Gasteiger partial charge >= 0.3 is 0 Å². The lowest BCUT2D eigenvalue weighted by Crippen LogP contribution is -2.08. The van der Waals surface area contributed by atoms with Gasteiger partial charge in [-0.25, -0.2) is 0 Å². The summed E-state index contributed by atoms with van der Waals surface area (Å²) in [6.07, 6.45) is 6.35. The highest BCUT2D eigenvalue weighted by Gasteiger charge is 2.19. The Bertz CT molecular complexity index is 410. The van der Waals surface area contributed by atoms with Gasteiger partial charge in [-0.15, -0.1) is 0 Å². The largest absolute Gasteiger partial charge is 0.496 e. The van der Waals surface area contributed by atoms with Crippen molar-refractivity contribution in [2.75, 3.05) is 7.11 Å². The minimum atomic E-state index is 0.245. The van der Waals surface area contributed by atoms with Gasteiger partial charge in [-0.1, -0.05) is 19.1 Å². The summed E-state index contributed by atoms with van der Waals surface area (Å²) in [5.74, 6) is 1.27.